The normalized spacial score (nSPS) is 11.7. The van der Waals surface area contributed by atoms with E-state index >= 15 is 0 Å². The van der Waals surface area contributed by atoms with Crippen molar-refractivity contribution >= 4 is 17.6 Å². The highest BCUT2D eigenvalue weighted by Gasteiger charge is 2.18. The summed E-state index contributed by atoms with van der Waals surface area (Å²) in [5.74, 6) is -0.669. The fraction of sp³-hybridized carbons (Fsp3) is 0.500. The van der Waals surface area contributed by atoms with Crippen molar-refractivity contribution in [3.8, 4) is 5.75 Å². The number of carbonyl (C=O) groups is 2. The molecule has 0 fully saturated rings. The number of hydrogen-bond acceptors (Lipinski definition) is 4. The molecule has 1 atom stereocenters. The zero-order valence-electron chi connectivity index (χ0n) is 12.9. The summed E-state index contributed by atoms with van der Waals surface area (Å²) in [5.41, 5.74) is 6.29. The van der Waals surface area contributed by atoms with Gasteiger partial charge in [-0.1, -0.05) is 31.9 Å². The van der Waals surface area contributed by atoms with Crippen molar-refractivity contribution in [3.05, 3.63) is 24.3 Å². The number of para-hydroxylation sites is 2. The van der Waals surface area contributed by atoms with E-state index in [1.807, 2.05) is 19.1 Å². The predicted molar refractivity (Wildman–Crippen MR) is 84.7 cm³/mol. The van der Waals surface area contributed by atoms with Crippen LogP contribution in [-0.2, 0) is 9.59 Å². The molecular formula is C16H24N2O4. The monoisotopic (exact) mass is 308 g/mol. The average Bonchev–Trinajstić information content (AvgIpc) is 2.49. The van der Waals surface area contributed by atoms with E-state index in [1.165, 1.54) is 0 Å². The number of carboxylic acids is 1. The molecule has 0 heterocycles. The number of carbonyl (C=O) groups excluding carboxylic acids is 1. The molecule has 1 rings (SSSR count). The highest BCUT2D eigenvalue weighted by atomic mass is 16.5. The third kappa shape index (κ3) is 6.47. The maximum Gasteiger partial charge on any atom is 0.326 e. The van der Waals surface area contributed by atoms with E-state index in [0.717, 1.165) is 12.8 Å². The Labute approximate surface area is 130 Å². The standard InChI is InChI=1S/C16H24N2O4/c1-2-3-8-13(16(20)21)18-15(19)10-6-11-22-14-9-5-4-7-12(14)17/h4-5,7,9,13H,2-3,6,8,10-11,17H2,1H3,(H,18,19)(H,20,21). The molecule has 0 spiro atoms. The van der Waals surface area contributed by atoms with Crippen molar-refractivity contribution in [1.82, 2.24) is 5.32 Å². The summed E-state index contributed by atoms with van der Waals surface area (Å²) in [7, 11) is 0. The Morgan fingerprint density at radius 3 is 2.68 bits per heavy atom. The Kier molecular flexibility index (Phi) is 7.81. The molecule has 0 radical (unpaired) electrons. The highest BCUT2D eigenvalue weighted by Crippen LogP contribution is 2.19. The molecule has 22 heavy (non-hydrogen) atoms. The zero-order valence-corrected chi connectivity index (χ0v) is 12.9. The third-order valence-electron chi connectivity index (χ3n) is 3.20. The van der Waals surface area contributed by atoms with Gasteiger partial charge >= 0.3 is 5.97 Å². The van der Waals surface area contributed by atoms with Gasteiger partial charge in [0.2, 0.25) is 5.91 Å². The van der Waals surface area contributed by atoms with Gasteiger partial charge in [-0.25, -0.2) is 4.79 Å². The Bertz CT molecular complexity index is 491. The number of hydrogen-bond donors (Lipinski definition) is 3. The largest absolute Gasteiger partial charge is 0.491 e. The van der Waals surface area contributed by atoms with E-state index in [2.05, 4.69) is 5.32 Å². The summed E-state index contributed by atoms with van der Waals surface area (Å²) < 4.78 is 5.48. The van der Waals surface area contributed by atoms with Crippen LogP contribution in [0.15, 0.2) is 24.3 Å². The quantitative estimate of drug-likeness (QED) is 0.454. The lowest BCUT2D eigenvalue weighted by Gasteiger charge is -2.14. The first-order valence-electron chi connectivity index (χ1n) is 7.54. The van der Waals surface area contributed by atoms with Gasteiger partial charge in [-0.15, -0.1) is 0 Å². The molecule has 1 unspecified atom stereocenters. The van der Waals surface area contributed by atoms with Crippen LogP contribution in [0.2, 0.25) is 0 Å². The van der Waals surface area contributed by atoms with Crippen LogP contribution in [0.5, 0.6) is 5.75 Å². The van der Waals surface area contributed by atoms with Crippen LogP contribution < -0.4 is 15.8 Å². The molecular weight excluding hydrogens is 284 g/mol. The number of benzene rings is 1. The van der Waals surface area contributed by atoms with Crippen LogP contribution in [-0.4, -0.2) is 29.6 Å². The van der Waals surface area contributed by atoms with E-state index in [1.54, 1.807) is 12.1 Å². The number of anilines is 1. The number of nitrogen functional groups attached to an aromatic ring is 1. The second-order valence-electron chi connectivity index (χ2n) is 5.09. The van der Waals surface area contributed by atoms with Crippen molar-refractivity contribution in [2.75, 3.05) is 12.3 Å². The van der Waals surface area contributed by atoms with Gasteiger partial charge in [-0.05, 0) is 25.0 Å². The minimum absolute atomic E-state index is 0.225. The summed E-state index contributed by atoms with van der Waals surface area (Å²) in [6, 6.07) is 6.34. The second kappa shape index (κ2) is 9.65. The van der Waals surface area contributed by atoms with Crippen LogP contribution >= 0.6 is 0 Å². The highest BCUT2D eigenvalue weighted by molar-refractivity contribution is 5.83. The van der Waals surface area contributed by atoms with Gasteiger partial charge in [0.1, 0.15) is 11.8 Å². The van der Waals surface area contributed by atoms with Crippen LogP contribution in [0.1, 0.15) is 39.0 Å². The van der Waals surface area contributed by atoms with Crippen molar-refractivity contribution in [2.24, 2.45) is 0 Å². The van der Waals surface area contributed by atoms with E-state index in [4.69, 9.17) is 15.6 Å². The first kappa shape index (κ1) is 17.8. The number of rotatable bonds is 10. The minimum Gasteiger partial charge on any atom is -0.491 e. The Morgan fingerprint density at radius 2 is 2.05 bits per heavy atom. The molecule has 1 aromatic carbocycles. The van der Waals surface area contributed by atoms with Gasteiger partial charge in [-0.2, -0.15) is 0 Å². The lowest BCUT2D eigenvalue weighted by molar-refractivity contribution is -0.142. The number of ether oxygens (including phenoxy) is 1. The van der Waals surface area contributed by atoms with Gasteiger partial charge in [0.15, 0.2) is 0 Å². The molecule has 6 nitrogen and oxygen atoms in total. The van der Waals surface area contributed by atoms with Gasteiger partial charge in [0.25, 0.3) is 0 Å². The predicted octanol–water partition coefficient (Wildman–Crippen LogP) is 2.19. The topological polar surface area (TPSA) is 102 Å². The van der Waals surface area contributed by atoms with Crippen LogP contribution in [0.25, 0.3) is 0 Å². The third-order valence-corrected chi connectivity index (χ3v) is 3.20. The van der Waals surface area contributed by atoms with E-state index in [0.29, 0.717) is 30.9 Å². The van der Waals surface area contributed by atoms with Crippen LogP contribution in [0.4, 0.5) is 5.69 Å². The Hall–Kier alpha value is -2.24. The first-order chi connectivity index (χ1) is 10.5. The lowest BCUT2D eigenvalue weighted by Crippen LogP contribution is -2.40. The molecule has 0 aliphatic rings. The number of nitrogens with two attached hydrogens (primary N) is 1. The molecule has 0 bridgehead atoms. The van der Waals surface area contributed by atoms with Crippen molar-refractivity contribution < 1.29 is 19.4 Å². The van der Waals surface area contributed by atoms with Gasteiger partial charge in [0, 0.05) is 6.42 Å². The number of nitrogens with one attached hydrogen (secondary N) is 1. The molecule has 6 heteroatoms. The maximum absolute atomic E-state index is 11.7. The summed E-state index contributed by atoms with van der Waals surface area (Å²) in [5, 5.41) is 11.6. The molecule has 0 saturated carbocycles. The molecule has 122 valence electrons. The number of aliphatic carboxylic acids is 1. The number of amides is 1. The van der Waals surface area contributed by atoms with Crippen LogP contribution in [0, 0.1) is 0 Å². The number of unbranched alkanes of at least 4 members (excludes halogenated alkanes) is 1. The summed E-state index contributed by atoms with van der Waals surface area (Å²) in [6.07, 6.45) is 2.84. The second-order valence-corrected chi connectivity index (χ2v) is 5.09. The average molecular weight is 308 g/mol. The van der Waals surface area contributed by atoms with Crippen molar-refractivity contribution in [1.29, 1.82) is 0 Å². The Morgan fingerprint density at radius 1 is 1.32 bits per heavy atom. The molecule has 1 aromatic rings. The lowest BCUT2D eigenvalue weighted by atomic mass is 10.1. The van der Waals surface area contributed by atoms with Crippen molar-refractivity contribution in [2.45, 2.75) is 45.1 Å². The smallest absolute Gasteiger partial charge is 0.326 e. The molecule has 0 aliphatic heterocycles. The van der Waals surface area contributed by atoms with Gasteiger partial charge in [-0.3, -0.25) is 4.79 Å². The molecule has 0 aliphatic carbocycles. The molecule has 1 amide bonds. The molecule has 0 aromatic heterocycles. The van der Waals surface area contributed by atoms with Gasteiger partial charge < -0.3 is 20.9 Å². The maximum atomic E-state index is 11.7. The molecule has 4 N–H and O–H groups in total. The van der Waals surface area contributed by atoms with E-state index in [-0.39, 0.29) is 12.3 Å². The summed E-state index contributed by atoms with van der Waals surface area (Å²) in [4.78, 5) is 22.8. The van der Waals surface area contributed by atoms with Gasteiger partial charge in [0.05, 0.1) is 12.3 Å². The SMILES string of the molecule is CCCCC(NC(=O)CCCOc1ccccc1N)C(=O)O. The first-order valence-corrected chi connectivity index (χ1v) is 7.54. The van der Waals surface area contributed by atoms with Crippen LogP contribution in [0.3, 0.4) is 0 Å². The Balaban J connectivity index is 2.27. The fourth-order valence-corrected chi connectivity index (χ4v) is 1.96. The minimum atomic E-state index is -0.991. The fourth-order valence-electron chi connectivity index (χ4n) is 1.96. The summed E-state index contributed by atoms with van der Waals surface area (Å²) in [6.45, 7) is 2.34. The summed E-state index contributed by atoms with van der Waals surface area (Å²) >= 11 is 0. The molecule has 0 saturated heterocycles. The zero-order chi connectivity index (χ0) is 16.4. The van der Waals surface area contributed by atoms with E-state index < -0.39 is 12.0 Å². The van der Waals surface area contributed by atoms with E-state index in [9.17, 15) is 9.59 Å². The number of carboxylic acid groups (broad SMARTS) is 1. The van der Waals surface area contributed by atoms with Crippen molar-refractivity contribution in [3.63, 3.8) is 0 Å².